The van der Waals surface area contributed by atoms with E-state index in [2.05, 4.69) is 30.9 Å². The van der Waals surface area contributed by atoms with Crippen molar-refractivity contribution in [1.82, 2.24) is 40.3 Å². The van der Waals surface area contributed by atoms with Gasteiger partial charge in [-0.3, -0.25) is 4.79 Å². The molecule has 0 radical (unpaired) electrons. The number of aromatic carboxylic acids is 2. The number of halogens is 6. The van der Waals surface area contributed by atoms with Crippen molar-refractivity contribution in [3.05, 3.63) is 88.7 Å². The van der Waals surface area contributed by atoms with E-state index in [0.29, 0.717) is 12.1 Å². The summed E-state index contributed by atoms with van der Waals surface area (Å²) in [6.45, 7) is -1.28. The van der Waals surface area contributed by atoms with E-state index >= 15 is 0 Å². The first-order chi connectivity index (χ1) is 23.5. The Morgan fingerprint density at radius 2 is 1.10 bits per heavy atom. The molecule has 3 aromatic heterocycles. The number of aliphatic hydroxyl groups is 2. The molecule has 0 fully saturated rings. The smallest absolute Gasteiger partial charge is 0.417 e. The van der Waals surface area contributed by atoms with Gasteiger partial charge >= 0.3 is 24.3 Å². The number of nitrogens with one attached hydrogen (secondary N) is 1. The van der Waals surface area contributed by atoms with Gasteiger partial charge in [-0.25, -0.2) is 23.9 Å². The number of carbonyl (C=O) groups excluding carboxylic acids is 1. The normalized spacial score (nSPS) is 11.9. The Labute approximate surface area is 274 Å². The molecule has 15 nitrogen and oxygen atoms in total. The van der Waals surface area contributed by atoms with Crippen molar-refractivity contribution < 1.29 is 61.2 Å². The zero-order valence-corrected chi connectivity index (χ0v) is 24.7. The second-order valence-corrected chi connectivity index (χ2v) is 10.3. The Morgan fingerprint density at radius 3 is 1.46 bits per heavy atom. The molecule has 0 unspecified atom stereocenters. The van der Waals surface area contributed by atoms with Gasteiger partial charge in [-0.2, -0.15) is 26.3 Å². The molecule has 5 N–H and O–H groups in total. The van der Waals surface area contributed by atoms with Crippen LogP contribution < -0.4 is 5.32 Å². The number of nitrogens with zero attached hydrogens (tertiary/aromatic N) is 7. The van der Waals surface area contributed by atoms with Crippen molar-refractivity contribution in [1.29, 1.82) is 0 Å². The first kappa shape index (κ1) is 35.1. The summed E-state index contributed by atoms with van der Waals surface area (Å²) in [4.78, 5) is 40.1. The van der Waals surface area contributed by atoms with Crippen LogP contribution in [-0.4, -0.2) is 92.5 Å². The molecule has 0 spiro atoms. The molecule has 21 heteroatoms. The third-order valence-electron chi connectivity index (χ3n) is 6.98. The zero-order valence-electron chi connectivity index (χ0n) is 24.7. The minimum Gasteiger partial charge on any atom is -0.478 e. The summed E-state index contributed by atoms with van der Waals surface area (Å²) in [6, 6.07) is 5.93. The van der Waals surface area contributed by atoms with Crippen LogP contribution in [0.1, 0.15) is 42.2 Å². The van der Waals surface area contributed by atoms with Crippen LogP contribution in [0.3, 0.4) is 0 Å². The molecule has 3 heterocycles. The minimum absolute atomic E-state index is 0.121. The van der Waals surface area contributed by atoms with E-state index in [0.717, 1.165) is 46.0 Å². The number of hydrogen-bond acceptors (Lipinski definition) is 10. The fraction of sp³-hybridized carbons (Fsp3) is 0.172. The minimum atomic E-state index is -5.03. The lowest BCUT2D eigenvalue weighted by Crippen LogP contribution is -2.40. The van der Waals surface area contributed by atoms with Crippen LogP contribution in [0.5, 0.6) is 0 Å². The molecular formula is C29H20F6N8O7. The van der Waals surface area contributed by atoms with Gasteiger partial charge in [0, 0.05) is 5.56 Å². The highest BCUT2D eigenvalue weighted by Crippen LogP contribution is 2.35. The van der Waals surface area contributed by atoms with Crippen LogP contribution in [0.15, 0.2) is 60.9 Å². The number of carboxylic acids is 2. The SMILES string of the molecule is O=C(NC(CO)CO)c1cc(-c2cn(-c3ccc(C(=O)O)c(C(F)(F)F)c3)nn2)nc(-c2cn(-c3ccc(C(=O)O)c(C(F)(F)F)c3)nn2)c1. The number of aromatic nitrogens is 7. The van der Waals surface area contributed by atoms with E-state index in [9.17, 15) is 61.2 Å². The molecule has 0 aliphatic rings. The van der Waals surface area contributed by atoms with Gasteiger partial charge in [0.2, 0.25) is 0 Å². The number of benzene rings is 2. The number of carbonyl (C=O) groups is 3. The fourth-order valence-corrected chi connectivity index (χ4v) is 4.55. The van der Waals surface area contributed by atoms with Gasteiger partial charge in [0.15, 0.2) is 0 Å². The number of hydrogen-bond donors (Lipinski definition) is 5. The molecule has 50 heavy (non-hydrogen) atoms. The van der Waals surface area contributed by atoms with Gasteiger partial charge in [0.1, 0.15) is 11.4 Å². The fourth-order valence-electron chi connectivity index (χ4n) is 4.55. The van der Waals surface area contributed by atoms with E-state index in [1.54, 1.807) is 0 Å². The van der Waals surface area contributed by atoms with Gasteiger partial charge in [-0.1, -0.05) is 10.4 Å². The lowest BCUT2D eigenvalue weighted by molar-refractivity contribution is -0.138. The van der Waals surface area contributed by atoms with Crippen molar-refractivity contribution in [2.45, 2.75) is 18.4 Å². The average molecular weight is 707 g/mol. The largest absolute Gasteiger partial charge is 0.478 e. The second-order valence-electron chi connectivity index (χ2n) is 10.3. The number of carboxylic acid groups (broad SMARTS) is 2. The van der Waals surface area contributed by atoms with Crippen molar-refractivity contribution in [3.63, 3.8) is 0 Å². The first-order valence-corrected chi connectivity index (χ1v) is 13.8. The summed E-state index contributed by atoms with van der Waals surface area (Å²) in [5.41, 5.74) is -6.05. The van der Waals surface area contributed by atoms with Crippen LogP contribution in [0.25, 0.3) is 34.2 Å². The number of rotatable bonds is 10. The lowest BCUT2D eigenvalue weighted by atomic mass is 10.1. The maximum Gasteiger partial charge on any atom is 0.417 e. The molecule has 0 saturated carbocycles. The number of amides is 1. The number of pyridine rings is 1. The molecule has 1 amide bonds. The predicted octanol–water partition coefficient (Wildman–Crippen LogP) is 3.09. The summed E-state index contributed by atoms with van der Waals surface area (Å²) >= 11 is 0. The molecular weight excluding hydrogens is 686 g/mol. The third kappa shape index (κ3) is 7.27. The number of aliphatic hydroxyl groups excluding tert-OH is 2. The maximum absolute atomic E-state index is 13.6. The molecule has 260 valence electrons. The zero-order chi connectivity index (χ0) is 36.5. The van der Waals surface area contributed by atoms with Crippen molar-refractivity contribution in [2.24, 2.45) is 0 Å². The molecule has 0 atom stereocenters. The van der Waals surface area contributed by atoms with Gasteiger partial charge < -0.3 is 25.7 Å². The molecule has 0 bridgehead atoms. The van der Waals surface area contributed by atoms with E-state index in [1.807, 2.05) is 0 Å². The molecule has 2 aromatic carbocycles. The van der Waals surface area contributed by atoms with E-state index < -0.39 is 71.7 Å². The summed E-state index contributed by atoms with van der Waals surface area (Å²) in [5.74, 6) is -4.47. The predicted molar refractivity (Wildman–Crippen MR) is 154 cm³/mol. The summed E-state index contributed by atoms with van der Waals surface area (Å²) in [5, 5.41) is 54.9. The number of alkyl halides is 6. The van der Waals surface area contributed by atoms with Crippen LogP contribution >= 0.6 is 0 Å². The molecule has 0 aliphatic heterocycles. The molecule has 5 rings (SSSR count). The van der Waals surface area contributed by atoms with Crippen LogP contribution in [0, 0.1) is 0 Å². The highest BCUT2D eigenvalue weighted by Gasteiger charge is 2.37. The second kappa shape index (κ2) is 13.4. The molecule has 5 aromatic rings. The highest BCUT2D eigenvalue weighted by atomic mass is 19.4. The maximum atomic E-state index is 13.6. The monoisotopic (exact) mass is 706 g/mol. The Balaban J connectivity index is 1.58. The van der Waals surface area contributed by atoms with E-state index in [-0.39, 0.29) is 39.7 Å². The van der Waals surface area contributed by atoms with Crippen LogP contribution in [0.4, 0.5) is 26.3 Å². The van der Waals surface area contributed by atoms with Gasteiger partial charge in [0.05, 0.1) is 76.7 Å². The van der Waals surface area contributed by atoms with E-state index in [4.69, 9.17) is 0 Å². The summed E-state index contributed by atoms with van der Waals surface area (Å²) < 4.78 is 83.4. The standard InChI is InChI=1S/C29H20F6N8O7/c30-28(31,32)19-7-15(1-3-17(19)26(47)48)42-9-23(38-40-42)21-5-13(25(46)36-14(11-44)12-45)6-22(37-21)24-10-43(41-39-24)16-2-4-18(27(49)50)20(8-16)29(33,34)35/h1-10,14,44-45H,11-12H2,(H,36,46)(H,47,48)(H,49,50). The van der Waals surface area contributed by atoms with Gasteiger partial charge in [-0.15, -0.1) is 10.2 Å². The third-order valence-corrected chi connectivity index (χ3v) is 6.98. The Hall–Kier alpha value is -6.22. The van der Waals surface area contributed by atoms with Gasteiger partial charge in [-0.05, 0) is 48.5 Å². The topological polar surface area (TPSA) is 218 Å². The molecule has 0 saturated heterocycles. The van der Waals surface area contributed by atoms with E-state index in [1.165, 1.54) is 12.1 Å². The lowest BCUT2D eigenvalue weighted by Gasteiger charge is -2.14. The Bertz CT molecular complexity index is 1980. The summed E-state index contributed by atoms with van der Waals surface area (Å²) in [6.07, 6.45) is -7.83. The Kier molecular flexibility index (Phi) is 9.37. The summed E-state index contributed by atoms with van der Waals surface area (Å²) in [7, 11) is 0. The highest BCUT2D eigenvalue weighted by molar-refractivity contribution is 5.96. The molecule has 0 aliphatic carbocycles. The first-order valence-electron chi connectivity index (χ1n) is 13.8. The average Bonchev–Trinajstić information content (AvgIpc) is 3.77. The van der Waals surface area contributed by atoms with Crippen LogP contribution in [0.2, 0.25) is 0 Å². The van der Waals surface area contributed by atoms with Gasteiger partial charge in [0.25, 0.3) is 5.91 Å². The van der Waals surface area contributed by atoms with Crippen molar-refractivity contribution in [2.75, 3.05) is 13.2 Å². The van der Waals surface area contributed by atoms with Crippen molar-refractivity contribution >= 4 is 17.8 Å². The Morgan fingerprint density at radius 1 is 0.680 bits per heavy atom. The van der Waals surface area contributed by atoms with Crippen molar-refractivity contribution in [3.8, 4) is 34.2 Å². The quantitative estimate of drug-likeness (QED) is 0.132. The van der Waals surface area contributed by atoms with Crippen LogP contribution in [-0.2, 0) is 12.4 Å².